The van der Waals surface area contributed by atoms with Gasteiger partial charge in [-0.05, 0) is 70.6 Å². The van der Waals surface area contributed by atoms with Gasteiger partial charge in [-0.25, -0.2) is 0 Å². The van der Waals surface area contributed by atoms with Crippen LogP contribution in [0.25, 0.3) is 0 Å². The normalized spacial score (nSPS) is 14.2. The van der Waals surface area contributed by atoms with Crippen molar-refractivity contribution in [1.82, 2.24) is 10.2 Å². The third-order valence-electron chi connectivity index (χ3n) is 6.82. The van der Waals surface area contributed by atoms with Crippen molar-refractivity contribution >= 4 is 39.3 Å². The lowest BCUT2D eigenvalue weighted by Gasteiger charge is -2.32. The Morgan fingerprint density at radius 1 is 1.05 bits per heavy atom. The van der Waals surface area contributed by atoms with Gasteiger partial charge < -0.3 is 15.0 Å². The molecule has 0 bridgehead atoms. The minimum atomic E-state index is -0.674. The van der Waals surface area contributed by atoms with Gasteiger partial charge in [-0.2, -0.15) is 0 Å². The summed E-state index contributed by atoms with van der Waals surface area (Å²) in [6, 6.07) is 22.4. The smallest absolute Gasteiger partial charge is 0.261 e. The second kappa shape index (κ2) is 13.1. The van der Waals surface area contributed by atoms with Gasteiger partial charge in [0.05, 0.1) is 4.47 Å². The van der Waals surface area contributed by atoms with Crippen molar-refractivity contribution in [2.24, 2.45) is 0 Å². The predicted molar refractivity (Wildman–Crippen MR) is 151 cm³/mol. The molecule has 0 aromatic heterocycles. The number of carbonyl (C=O) groups is 2. The molecule has 0 radical (unpaired) electrons. The van der Waals surface area contributed by atoms with E-state index in [9.17, 15) is 9.59 Å². The third kappa shape index (κ3) is 7.59. The van der Waals surface area contributed by atoms with Crippen molar-refractivity contribution in [3.63, 3.8) is 0 Å². The van der Waals surface area contributed by atoms with Crippen LogP contribution >= 0.6 is 27.5 Å². The van der Waals surface area contributed by atoms with Crippen LogP contribution in [0.1, 0.15) is 42.4 Å². The molecule has 0 saturated heterocycles. The number of ether oxygens (including phenoxy) is 1. The molecule has 2 amide bonds. The second-order valence-electron chi connectivity index (χ2n) is 9.51. The van der Waals surface area contributed by atoms with Crippen molar-refractivity contribution in [1.29, 1.82) is 0 Å². The summed E-state index contributed by atoms with van der Waals surface area (Å²) in [5.74, 6) is 0.140. The van der Waals surface area contributed by atoms with Crippen molar-refractivity contribution in [2.45, 2.75) is 57.7 Å². The maximum Gasteiger partial charge on any atom is 0.261 e. The lowest BCUT2D eigenvalue weighted by atomic mass is 10.0. The zero-order valence-electron chi connectivity index (χ0n) is 21.0. The van der Waals surface area contributed by atoms with Gasteiger partial charge >= 0.3 is 0 Å². The fourth-order valence-electron chi connectivity index (χ4n) is 4.71. The highest BCUT2D eigenvalue weighted by molar-refractivity contribution is 9.10. The van der Waals surface area contributed by atoms with Gasteiger partial charge in [0.1, 0.15) is 11.8 Å². The van der Waals surface area contributed by atoms with Gasteiger partial charge in [-0.3, -0.25) is 9.59 Å². The average Bonchev–Trinajstić information content (AvgIpc) is 3.40. The van der Waals surface area contributed by atoms with E-state index in [0.29, 0.717) is 28.2 Å². The number of rotatable bonds is 10. The molecule has 1 saturated carbocycles. The molecule has 0 heterocycles. The number of nitrogens with one attached hydrogen (secondary N) is 1. The number of nitrogens with zero attached hydrogens (tertiary/aromatic N) is 1. The maximum absolute atomic E-state index is 13.8. The zero-order valence-corrected chi connectivity index (χ0v) is 23.3. The Morgan fingerprint density at radius 3 is 2.46 bits per heavy atom. The van der Waals surface area contributed by atoms with Gasteiger partial charge in [0.15, 0.2) is 6.61 Å². The average molecular weight is 584 g/mol. The monoisotopic (exact) mass is 582 g/mol. The van der Waals surface area contributed by atoms with Gasteiger partial charge in [0.25, 0.3) is 5.91 Å². The van der Waals surface area contributed by atoms with E-state index in [1.165, 1.54) is 0 Å². The Morgan fingerprint density at radius 2 is 1.76 bits per heavy atom. The Kier molecular flexibility index (Phi) is 9.64. The number of hydrogen-bond donors (Lipinski definition) is 1. The van der Waals surface area contributed by atoms with E-state index in [1.54, 1.807) is 23.1 Å². The molecule has 1 aliphatic carbocycles. The summed E-state index contributed by atoms with van der Waals surface area (Å²) in [6.07, 6.45) is 4.60. The van der Waals surface area contributed by atoms with E-state index in [2.05, 4.69) is 21.2 Å². The number of benzene rings is 3. The minimum absolute atomic E-state index is 0.120. The molecule has 1 aliphatic rings. The Bertz CT molecular complexity index is 1210. The number of hydrogen-bond acceptors (Lipinski definition) is 3. The summed E-state index contributed by atoms with van der Waals surface area (Å²) >= 11 is 9.50. The summed E-state index contributed by atoms with van der Waals surface area (Å²) in [5.41, 5.74) is 3.06. The summed E-state index contributed by atoms with van der Waals surface area (Å²) in [4.78, 5) is 29.2. The van der Waals surface area contributed by atoms with Crippen LogP contribution < -0.4 is 10.1 Å². The topological polar surface area (TPSA) is 58.6 Å². The van der Waals surface area contributed by atoms with Crippen LogP contribution in [-0.2, 0) is 22.6 Å². The standard InChI is InChI=1S/C30H32BrClN2O3/c1-21-9-5-6-12-23(21)19-34(29(35)20-37-28-16-15-24(32)18-26(28)31)27(17-22-10-3-2-4-11-22)30(36)33-25-13-7-8-14-25/h2-6,9-12,15-16,18,25,27H,7-8,13-14,17,19-20H2,1H3,(H,33,36)/t27-/m0/s1. The SMILES string of the molecule is Cc1ccccc1CN(C(=O)COc1ccc(Cl)cc1Br)[C@@H](Cc1ccccc1)C(=O)NC1CCCC1. The molecule has 1 N–H and O–H groups in total. The predicted octanol–water partition coefficient (Wildman–Crippen LogP) is 6.49. The molecule has 0 aliphatic heterocycles. The van der Waals surface area contributed by atoms with Gasteiger partial charge in [0.2, 0.25) is 5.91 Å². The largest absolute Gasteiger partial charge is 0.483 e. The molecule has 1 atom stereocenters. The highest BCUT2D eigenvalue weighted by atomic mass is 79.9. The van der Waals surface area contributed by atoms with Crippen LogP contribution in [0.15, 0.2) is 77.3 Å². The molecule has 3 aromatic rings. The summed E-state index contributed by atoms with van der Waals surface area (Å²) in [7, 11) is 0. The summed E-state index contributed by atoms with van der Waals surface area (Å²) in [6.45, 7) is 2.13. The molecule has 1 fully saturated rings. The highest BCUT2D eigenvalue weighted by Gasteiger charge is 2.32. The summed E-state index contributed by atoms with van der Waals surface area (Å²) < 4.78 is 6.55. The lowest BCUT2D eigenvalue weighted by molar-refractivity contribution is -0.143. The molecule has 4 rings (SSSR count). The van der Waals surface area contributed by atoms with E-state index in [-0.39, 0.29) is 24.5 Å². The Hall–Kier alpha value is -2.83. The molecule has 37 heavy (non-hydrogen) atoms. The first-order valence-corrected chi connectivity index (χ1v) is 13.8. The van der Waals surface area contributed by atoms with Crippen molar-refractivity contribution in [3.05, 3.63) is 99.0 Å². The van der Waals surface area contributed by atoms with Crippen LogP contribution in [0.4, 0.5) is 0 Å². The summed E-state index contributed by atoms with van der Waals surface area (Å²) in [5, 5.41) is 3.80. The molecular formula is C30H32BrClN2O3. The fourth-order valence-corrected chi connectivity index (χ4v) is 5.50. The van der Waals surface area contributed by atoms with E-state index < -0.39 is 6.04 Å². The molecule has 5 nitrogen and oxygen atoms in total. The van der Waals surface area contributed by atoms with Crippen LogP contribution in [0, 0.1) is 6.92 Å². The van der Waals surface area contributed by atoms with E-state index in [1.807, 2.05) is 61.5 Å². The van der Waals surface area contributed by atoms with Crippen molar-refractivity contribution in [2.75, 3.05) is 6.61 Å². The van der Waals surface area contributed by atoms with Gasteiger partial charge in [-0.1, -0.05) is 79.0 Å². The van der Waals surface area contributed by atoms with Crippen LogP contribution in [0.3, 0.4) is 0 Å². The Balaban J connectivity index is 1.63. The quantitative estimate of drug-likeness (QED) is 0.297. The lowest BCUT2D eigenvalue weighted by Crippen LogP contribution is -2.53. The van der Waals surface area contributed by atoms with E-state index in [0.717, 1.165) is 42.4 Å². The van der Waals surface area contributed by atoms with Gasteiger partial charge in [-0.15, -0.1) is 0 Å². The van der Waals surface area contributed by atoms with Crippen LogP contribution in [-0.4, -0.2) is 35.4 Å². The molecule has 194 valence electrons. The Labute approximate surface area is 232 Å². The molecule has 0 unspecified atom stereocenters. The highest BCUT2D eigenvalue weighted by Crippen LogP contribution is 2.28. The minimum Gasteiger partial charge on any atom is -0.483 e. The number of aryl methyl sites for hydroxylation is 1. The van der Waals surface area contributed by atoms with E-state index >= 15 is 0 Å². The maximum atomic E-state index is 13.8. The molecule has 0 spiro atoms. The molecular weight excluding hydrogens is 552 g/mol. The first-order chi connectivity index (χ1) is 17.9. The first-order valence-electron chi connectivity index (χ1n) is 12.7. The second-order valence-corrected chi connectivity index (χ2v) is 10.8. The van der Waals surface area contributed by atoms with Crippen molar-refractivity contribution in [3.8, 4) is 5.75 Å². The van der Waals surface area contributed by atoms with Crippen LogP contribution in [0.5, 0.6) is 5.75 Å². The van der Waals surface area contributed by atoms with E-state index in [4.69, 9.17) is 16.3 Å². The van der Waals surface area contributed by atoms with Crippen LogP contribution in [0.2, 0.25) is 5.02 Å². The molecule has 3 aromatic carbocycles. The van der Waals surface area contributed by atoms with Crippen molar-refractivity contribution < 1.29 is 14.3 Å². The fraction of sp³-hybridized carbons (Fsp3) is 0.333. The van der Waals surface area contributed by atoms with Gasteiger partial charge in [0, 0.05) is 24.0 Å². The number of halogens is 2. The third-order valence-corrected chi connectivity index (χ3v) is 7.67. The zero-order chi connectivity index (χ0) is 26.2. The number of amides is 2. The molecule has 7 heteroatoms. The number of carbonyl (C=O) groups excluding carboxylic acids is 2. The first kappa shape index (κ1) is 27.2.